The van der Waals surface area contributed by atoms with E-state index >= 15 is 0 Å². The lowest BCUT2D eigenvalue weighted by Gasteiger charge is -2.40. The summed E-state index contributed by atoms with van der Waals surface area (Å²) in [5.74, 6) is -3.34. The van der Waals surface area contributed by atoms with Crippen molar-refractivity contribution in [2.75, 3.05) is 13.2 Å². The largest absolute Gasteiger partial charge is 0.461 e. The second-order valence-corrected chi connectivity index (χ2v) is 11.3. The minimum atomic E-state index is -1.24. The van der Waals surface area contributed by atoms with Gasteiger partial charge in [-0.3, -0.25) is 28.8 Å². The fraction of sp³-hybridized carbons (Fsp3) is 0.471. The molecule has 2 aliphatic rings. The van der Waals surface area contributed by atoms with E-state index in [0.29, 0.717) is 11.5 Å². The number of carbonyl (C=O) groups excluding carboxylic acids is 6. The summed E-state index contributed by atoms with van der Waals surface area (Å²) in [5, 5.41) is 0. The molecule has 0 unspecified atom stereocenters. The quantitative estimate of drug-likeness (QED) is 0.244. The number of ether oxygens (including phenoxy) is 10. The van der Waals surface area contributed by atoms with Gasteiger partial charge in [0.25, 0.3) is 0 Å². The van der Waals surface area contributed by atoms with E-state index in [9.17, 15) is 28.8 Å². The summed E-state index contributed by atoms with van der Waals surface area (Å²) in [6.45, 7) is 6.69. The minimum Gasteiger partial charge on any atom is -0.461 e. The molecule has 16 heteroatoms. The summed E-state index contributed by atoms with van der Waals surface area (Å²) in [6.07, 6.45) is -9.28. The third kappa shape index (κ3) is 10.4. The molecule has 2 aliphatic heterocycles. The van der Waals surface area contributed by atoms with Gasteiger partial charge in [0.2, 0.25) is 24.8 Å². The van der Waals surface area contributed by atoms with E-state index in [1.807, 2.05) is 0 Å². The molecule has 0 bridgehead atoms. The van der Waals surface area contributed by atoms with Crippen LogP contribution in [0.4, 0.5) is 0 Å². The molecule has 2 aromatic carbocycles. The molecule has 0 aromatic heterocycles. The lowest BCUT2D eigenvalue weighted by molar-refractivity contribution is -0.259. The smallest absolute Gasteiger partial charge is 0.303 e. The molecule has 16 nitrogen and oxygen atoms in total. The number of carbonyl (C=O) groups is 6. The lowest BCUT2D eigenvalue weighted by Crippen LogP contribution is -2.59. The van der Waals surface area contributed by atoms with Gasteiger partial charge in [-0.2, -0.15) is 0 Å². The topological polar surface area (TPSA) is 195 Å². The van der Waals surface area contributed by atoms with Crippen molar-refractivity contribution >= 4 is 35.8 Å². The lowest BCUT2D eigenvalue weighted by atomic mass is 10.0. The van der Waals surface area contributed by atoms with Crippen LogP contribution in [0.2, 0.25) is 0 Å². The minimum absolute atomic E-state index is 0.183. The average Bonchev–Trinajstić information content (AvgIpc) is 3.02. The van der Waals surface area contributed by atoms with Gasteiger partial charge in [-0.05, 0) is 35.4 Å². The van der Waals surface area contributed by atoms with Crippen molar-refractivity contribution in [3.63, 3.8) is 0 Å². The second-order valence-electron chi connectivity index (χ2n) is 11.3. The molecule has 8 atom stereocenters. The molecule has 2 aromatic rings. The SMILES string of the molecule is CC(=O)O[C@@H]1[C@@H](OC(C)=O)[C@@H](Oc2ccc(-c3ccc(O[C@H]4OC[C@@H](OC(C)=O)[C@H](OC(C)=O)[C@H]4OC(C)=O)cc3)cc2)OC[C@H]1OC(C)=O. The van der Waals surface area contributed by atoms with E-state index < -0.39 is 85.0 Å². The van der Waals surface area contributed by atoms with Crippen LogP contribution in [0.1, 0.15) is 41.5 Å². The zero-order valence-corrected chi connectivity index (χ0v) is 28.2. The molecule has 270 valence electrons. The molecule has 0 N–H and O–H groups in total. The summed E-state index contributed by atoms with van der Waals surface area (Å²) >= 11 is 0. The zero-order valence-electron chi connectivity index (χ0n) is 28.2. The van der Waals surface area contributed by atoms with Gasteiger partial charge in [0.05, 0.1) is 13.2 Å². The Hall–Kier alpha value is -5.22. The highest BCUT2D eigenvalue weighted by atomic mass is 16.7. The molecular weight excluding hydrogens is 664 g/mol. The summed E-state index contributed by atoms with van der Waals surface area (Å²) in [7, 11) is 0. The predicted molar refractivity (Wildman–Crippen MR) is 166 cm³/mol. The Morgan fingerprint density at radius 3 is 1.00 bits per heavy atom. The first-order chi connectivity index (χ1) is 23.7. The van der Waals surface area contributed by atoms with Gasteiger partial charge in [0.15, 0.2) is 24.4 Å². The van der Waals surface area contributed by atoms with Crippen LogP contribution in [-0.2, 0) is 66.7 Å². The van der Waals surface area contributed by atoms with Crippen molar-refractivity contribution < 1.29 is 76.1 Å². The molecule has 50 heavy (non-hydrogen) atoms. The van der Waals surface area contributed by atoms with Gasteiger partial charge in [0, 0.05) is 41.5 Å². The number of esters is 6. The normalized spacial score (nSPS) is 26.0. The van der Waals surface area contributed by atoms with E-state index in [-0.39, 0.29) is 13.2 Å². The zero-order chi connectivity index (χ0) is 36.5. The standard InChI is InChI=1S/C34H38O16/c1-17(35)43-27-15-41-33(31(47-21(5)39)29(27)45-19(3)37)49-25-11-7-23(8-12-25)24-9-13-26(14-10-24)50-34-32(48-22(6)40)30(46-20(4)38)28(16-42-34)44-18(2)36/h7-14,27-34H,15-16H2,1-6H3/t27-,28-,29+,30+,31-,32-,33-,34-/m1/s1. The predicted octanol–water partition coefficient (Wildman–Crippen LogP) is 2.41. The first kappa shape index (κ1) is 37.6. The van der Waals surface area contributed by atoms with E-state index in [2.05, 4.69) is 0 Å². The maximum atomic E-state index is 11.9. The first-order valence-electron chi connectivity index (χ1n) is 15.5. The van der Waals surface area contributed by atoms with Crippen LogP contribution in [0.15, 0.2) is 48.5 Å². The van der Waals surface area contributed by atoms with Crippen LogP contribution >= 0.6 is 0 Å². The monoisotopic (exact) mass is 702 g/mol. The van der Waals surface area contributed by atoms with E-state index in [4.69, 9.17) is 47.4 Å². The van der Waals surface area contributed by atoms with E-state index in [1.165, 1.54) is 41.5 Å². The van der Waals surface area contributed by atoms with Crippen molar-refractivity contribution in [3.8, 4) is 22.6 Å². The number of hydrogen-bond donors (Lipinski definition) is 0. The highest BCUT2D eigenvalue weighted by Gasteiger charge is 2.49. The summed E-state index contributed by atoms with van der Waals surface area (Å²) < 4.78 is 55.3. The molecule has 0 spiro atoms. The highest BCUT2D eigenvalue weighted by molar-refractivity contribution is 5.69. The third-order valence-corrected chi connectivity index (χ3v) is 7.16. The maximum Gasteiger partial charge on any atom is 0.303 e. The van der Waals surface area contributed by atoms with Crippen LogP contribution in [0.3, 0.4) is 0 Å². The average molecular weight is 703 g/mol. The summed E-state index contributed by atoms with van der Waals surface area (Å²) in [6, 6.07) is 13.7. The first-order valence-corrected chi connectivity index (χ1v) is 15.5. The van der Waals surface area contributed by atoms with Crippen molar-refractivity contribution in [3.05, 3.63) is 48.5 Å². The maximum absolute atomic E-state index is 11.9. The van der Waals surface area contributed by atoms with Crippen LogP contribution in [0.5, 0.6) is 11.5 Å². The van der Waals surface area contributed by atoms with Gasteiger partial charge >= 0.3 is 35.8 Å². The van der Waals surface area contributed by atoms with E-state index in [1.54, 1.807) is 48.5 Å². The van der Waals surface area contributed by atoms with Gasteiger partial charge < -0.3 is 47.4 Å². The fourth-order valence-electron chi connectivity index (χ4n) is 5.34. The van der Waals surface area contributed by atoms with Crippen LogP contribution in [0, 0.1) is 0 Å². The summed E-state index contributed by atoms with van der Waals surface area (Å²) in [5.41, 5.74) is 1.56. The molecule has 2 saturated heterocycles. The van der Waals surface area contributed by atoms with Crippen molar-refractivity contribution in [1.82, 2.24) is 0 Å². The Kier molecular flexibility index (Phi) is 12.7. The molecule has 0 saturated carbocycles. The number of rotatable bonds is 11. The molecule has 0 amide bonds. The number of benzene rings is 2. The molecular formula is C34H38O16. The Morgan fingerprint density at radius 2 is 0.720 bits per heavy atom. The van der Waals surface area contributed by atoms with E-state index in [0.717, 1.165) is 11.1 Å². The van der Waals surface area contributed by atoms with Crippen molar-refractivity contribution in [2.45, 2.75) is 90.7 Å². The van der Waals surface area contributed by atoms with Crippen molar-refractivity contribution in [2.24, 2.45) is 0 Å². The van der Waals surface area contributed by atoms with Crippen LogP contribution in [-0.4, -0.2) is 98.2 Å². The summed E-state index contributed by atoms with van der Waals surface area (Å²) in [4.78, 5) is 70.7. The molecule has 0 radical (unpaired) electrons. The van der Waals surface area contributed by atoms with Gasteiger partial charge in [0.1, 0.15) is 11.5 Å². The highest BCUT2D eigenvalue weighted by Crippen LogP contribution is 2.31. The molecule has 2 fully saturated rings. The molecule has 0 aliphatic carbocycles. The second kappa shape index (κ2) is 16.9. The molecule has 2 heterocycles. The Morgan fingerprint density at radius 1 is 0.440 bits per heavy atom. The van der Waals surface area contributed by atoms with Gasteiger partial charge in [-0.15, -0.1) is 0 Å². The Labute approximate surface area is 287 Å². The molecule has 4 rings (SSSR count). The van der Waals surface area contributed by atoms with Gasteiger partial charge in [-0.25, -0.2) is 0 Å². The van der Waals surface area contributed by atoms with Crippen LogP contribution in [0.25, 0.3) is 11.1 Å². The Balaban J connectivity index is 1.46. The van der Waals surface area contributed by atoms with Crippen molar-refractivity contribution in [1.29, 1.82) is 0 Å². The van der Waals surface area contributed by atoms with Gasteiger partial charge in [-0.1, -0.05) is 24.3 Å². The number of hydrogen-bond acceptors (Lipinski definition) is 16. The fourth-order valence-corrected chi connectivity index (χ4v) is 5.34. The third-order valence-electron chi connectivity index (χ3n) is 7.16. The Bertz CT molecular complexity index is 1420. The van der Waals surface area contributed by atoms with Crippen LogP contribution < -0.4 is 9.47 Å².